The zero-order valence-electron chi connectivity index (χ0n) is 13.5. The molecule has 4 heteroatoms. The number of benzene rings is 1. The highest BCUT2D eigenvalue weighted by Crippen LogP contribution is 2.27. The van der Waals surface area contributed by atoms with Crippen LogP contribution in [0.25, 0.3) is 11.4 Å². The first-order chi connectivity index (χ1) is 9.90. The predicted octanol–water partition coefficient (Wildman–Crippen LogP) is 3.55. The van der Waals surface area contributed by atoms with Gasteiger partial charge in [0.1, 0.15) is 5.82 Å². The minimum absolute atomic E-state index is 0.540. The molecule has 0 saturated heterocycles. The van der Waals surface area contributed by atoms with Gasteiger partial charge in [-0.05, 0) is 44.2 Å². The van der Waals surface area contributed by atoms with Crippen molar-refractivity contribution < 1.29 is 0 Å². The molecule has 1 aromatic carbocycles. The molecule has 1 heterocycles. The maximum absolute atomic E-state index is 5.56. The first-order valence-electron chi connectivity index (χ1n) is 7.33. The fourth-order valence-corrected chi connectivity index (χ4v) is 2.74. The Morgan fingerprint density at radius 2 is 1.67 bits per heavy atom. The largest absolute Gasteiger partial charge is 0.308 e. The molecule has 112 valence electrons. The van der Waals surface area contributed by atoms with Gasteiger partial charge >= 0.3 is 0 Å². The van der Waals surface area contributed by atoms with Gasteiger partial charge in [-0.3, -0.25) is 0 Å². The van der Waals surface area contributed by atoms with Crippen molar-refractivity contribution in [3.05, 3.63) is 40.6 Å². The molecule has 0 bridgehead atoms. The van der Waals surface area contributed by atoms with Gasteiger partial charge in [-0.2, -0.15) is 0 Å². The third kappa shape index (κ3) is 3.58. The van der Waals surface area contributed by atoms with E-state index in [1.165, 1.54) is 16.7 Å². The van der Waals surface area contributed by atoms with Crippen LogP contribution in [0.4, 0.5) is 5.82 Å². The smallest absolute Gasteiger partial charge is 0.162 e. The van der Waals surface area contributed by atoms with E-state index in [1.54, 1.807) is 0 Å². The molecule has 0 aliphatic rings. The topological polar surface area (TPSA) is 63.8 Å². The molecule has 0 saturated carbocycles. The Hall–Kier alpha value is -1.94. The molecule has 0 fully saturated rings. The molecule has 0 atom stereocenters. The molecule has 3 N–H and O–H groups in total. The number of anilines is 1. The number of nitrogens with one attached hydrogen (secondary N) is 1. The summed E-state index contributed by atoms with van der Waals surface area (Å²) in [5.74, 6) is 7.51. The lowest BCUT2D eigenvalue weighted by Gasteiger charge is -2.13. The molecule has 0 amide bonds. The number of nitrogen functional groups attached to an aromatic ring is 1. The van der Waals surface area contributed by atoms with Crippen LogP contribution in [-0.4, -0.2) is 9.97 Å². The standard InChI is InChI=1S/C17H24N4/c1-10(2)6-14-9-15(21-18)20-17(19-14)16-12(4)7-11(3)8-13(16)5/h7-10H,6,18H2,1-5H3,(H,19,20,21). The van der Waals surface area contributed by atoms with Gasteiger partial charge in [0.2, 0.25) is 0 Å². The summed E-state index contributed by atoms with van der Waals surface area (Å²) in [4.78, 5) is 9.27. The Kier molecular flexibility index (Phi) is 4.58. The number of hydrazine groups is 1. The van der Waals surface area contributed by atoms with Crippen LogP contribution in [-0.2, 0) is 6.42 Å². The van der Waals surface area contributed by atoms with Gasteiger partial charge in [0.05, 0.1) is 0 Å². The zero-order valence-corrected chi connectivity index (χ0v) is 13.5. The Balaban J connectivity index is 2.58. The van der Waals surface area contributed by atoms with Crippen LogP contribution in [0.1, 0.15) is 36.2 Å². The lowest BCUT2D eigenvalue weighted by atomic mass is 9.99. The fourth-order valence-electron chi connectivity index (χ4n) is 2.74. The maximum Gasteiger partial charge on any atom is 0.162 e. The minimum atomic E-state index is 0.540. The number of aryl methyl sites for hydroxylation is 3. The molecule has 0 aliphatic carbocycles. The summed E-state index contributed by atoms with van der Waals surface area (Å²) >= 11 is 0. The second-order valence-electron chi connectivity index (χ2n) is 6.08. The van der Waals surface area contributed by atoms with E-state index in [2.05, 4.69) is 57.2 Å². The van der Waals surface area contributed by atoms with E-state index in [4.69, 9.17) is 10.8 Å². The van der Waals surface area contributed by atoms with Gasteiger partial charge in [-0.15, -0.1) is 0 Å². The zero-order chi connectivity index (χ0) is 15.6. The van der Waals surface area contributed by atoms with Gasteiger partial charge in [0.25, 0.3) is 0 Å². The molecule has 4 nitrogen and oxygen atoms in total. The Morgan fingerprint density at radius 1 is 1.05 bits per heavy atom. The quantitative estimate of drug-likeness (QED) is 0.665. The van der Waals surface area contributed by atoms with Crippen molar-refractivity contribution in [1.82, 2.24) is 9.97 Å². The molecule has 2 rings (SSSR count). The molecule has 0 spiro atoms. The average molecular weight is 284 g/mol. The van der Waals surface area contributed by atoms with Gasteiger partial charge < -0.3 is 5.43 Å². The Labute approximate surface area is 126 Å². The molecule has 0 aliphatic heterocycles. The lowest BCUT2D eigenvalue weighted by molar-refractivity contribution is 0.635. The third-order valence-electron chi connectivity index (χ3n) is 3.45. The van der Waals surface area contributed by atoms with Crippen LogP contribution in [0.15, 0.2) is 18.2 Å². The average Bonchev–Trinajstić information content (AvgIpc) is 2.36. The van der Waals surface area contributed by atoms with Crippen LogP contribution in [0, 0.1) is 26.7 Å². The summed E-state index contributed by atoms with van der Waals surface area (Å²) < 4.78 is 0. The molecule has 21 heavy (non-hydrogen) atoms. The van der Waals surface area contributed by atoms with E-state index in [0.29, 0.717) is 11.7 Å². The van der Waals surface area contributed by atoms with E-state index in [1.807, 2.05) is 6.07 Å². The minimum Gasteiger partial charge on any atom is -0.308 e. The number of nitrogens with zero attached hydrogens (tertiary/aromatic N) is 2. The highest BCUT2D eigenvalue weighted by atomic mass is 15.3. The predicted molar refractivity (Wildman–Crippen MR) is 88.0 cm³/mol. The van der Waals surface area contributed by atoms with E-state index >= 15 is 0 Å². The van der Waals surface area contributed by atoms with Crippen molar-refractivity contribution in [3.8, 4) is 11.4 Å². The number of aromatic nitrogens is 2. The summed E-state index contributed by atoms with van der Waals surface area (Å²) in [6.07, 6.45) is 0.911. The first kappa shape index (κ1) is 15.4. The highest BCUT2D eigenvalue weighted by molar-refractivity contribution is 5.66. The molecule has 0 radical (unpaired) electrons. The van der Waals surface area contributed by atoms with Crippen LogP contribution in [0.3, 0.4) is 0 Å². The fraction of sp³-hybridized carbons (Fsp3) is 0.412. The van der Waals surface area contributed by atoms with Crippen molar-refractivity contribution in [2.75, 3.05) is 5.43 Å². The molecular weight excluding hydrogens is 260 g/mol. The molecule has 1 aromatic heterocycles. The Morgan fingerprint density at radius 3 is 2.19 bits per heavy atom. The monoisotopic (exact) mass is 284 g/mol. The van der Waals surface area contributed by atoms with E-state index in [-0.39, 0.29) is 0 Å². The lowest BCUT2D eigenvalue weighted by Crippen LogP contribution is -2.11. The van der Waals surface area contributed by atoms with Crippen LogP contribution >= 0.6 is 0 Å². The molecule has 2 aromatic rings. The van der Waals surface area contributed by atoms with Gasteiger partial charge in [-0.25, -0.2) is 15.8 Å². The Bertz CT molecular complexity index is 624. The van der Waals surface area contributed by atoms with Crippen molar-refractivity contribution in [2.45, 2.75) is 41.0 Å². The molecule has 0 unspecified atom stereocenters. The van der Waals surface area contributed by atoms with Crippen molar-refractivity contribution in [2.24, 2.45) is 11.8 Å². The summed E-state index contributed by atoms with van der Waals surface area (Å²) in [5.41, 5.74) is 8.40. The van der Waals surface area contributed by atoms with Gasteiger partial charge in [-0.1, -0.05) is 31.5 Å². The first-order valence-corrected chi connectivity index (χ1v) is 7.33. The normalized spacial score (nSPS) is 11.0. The van der Waals surface area contributed by atoms with Gasteiger partial charge in [0, 0.05) is 17.3 Å². The van der Waals surface area contributed by atoms with Crippen LogP contribution < -0.4 is 11.3 Å². The summed E-state index contributed by atoms with van der Waals surface area (Å²) in [5, 5.41) is 0. The third-order valence-corrected chi connectivity index (χ3v) is 3.45. The van der Waals surface area contributed by atoms with Gasteiger partial charge in [0.15, 0.2) is 5.82 Å². The maximum atomic E-state index is 5.56. The second-order valence-corrected chi connectivity index (χ2v) is 6.08. The van der Waals surface area contributed by atoms with E-state index in [0.717, 1.165) is 23.5 Å². The molecular formula is C17H24N4. The number of rotatable bonds is 4. The number of hydrogen-bond acceptors (Lipinski definition) is 4. The van der Waals surface area contributed by atoms with Crippen molar-refractivity contribution in [3.63, 3.8) is 0 Å². The van der Waals surface area contributed by atoms with E-state index in [9.17, 15) is 0 Å². The van der Waals surface area contributed by atoms with Crippen molar-refractivity contribution in [1.29, 1.82) is 0 Å². The second kappa shape index (κ2) is 6.22. The van der Waals surface area contributed by atoms with Crippen molar-refractivity contribution >= 4 is 5.82 Å². The number of hydrogen-bond donors (Lipinski definition) is 2. The number of nitrogens with two attached hydrogens (primary N) is 1. The SMILES string of the molecule is Cc1cc(C)c(-c2nc(CC(C)C)cc(NN)n2)c(C)c1. The highest BCUT2D eigenvalue weighted by Gasteiger charge is 2.12. The summed E-state index contributed by atoms with van der Waals surface area (Å²) in [7, 11) is 0. The van der Waals surface area contributed by atoms with Crippen LogP contribution in [0.5, 0.6) is 0 Å². The van der Waals surface area contributed by atoms with Crippen LogP contribution in [0.2, 0.25) is 0 Å². The summed E-state index contributed by atoms with van der Waals surface area (Å²) in [6.45, 7) is 10.7. The summed E-state index contributed by atoms with van der Waals surface area (Å²) in [6, 6.07) is 6.25. The van der Waals surface area contributed by atoms with E-state index < -0.39 is 0 Å².